The standard InChI is InChI=1S/C65H63N7O12/c1-36(2)60(70-65(77)82-34-51-47-13-8-6-11-45(47)46-12-7-9-14-48(46)51)62(74)68-37(3)61(73)69-42-18-15-38(16-19-42)40-23-43-30-66-52-28-58(55(78-4)26-49(52)63(75)71(43)32-40)80-21-10-22-81-59-29-53-50(27-56(59)79-5)64(76)72-33-41(24-44(72)31-67-53)39-17-20-54-57(25-39)84-35-83-54/h6-9,11-20,25-33,36-37,43-45,47,51,60H,10,21-24,34-35H2,1-5H3,(H,68,74)(H,69,73)(H,70,77)/t37-,43-,44-,45?,47?,51?,60-/m0/s1. The van der Waals surface area contributed by atoms with Crippen LogP contribution in [0.15, 0.2) is 138 Å². The van der Waals surface area contributed by atoms with Gasteiger partial charge in [0.05, 0.1) is 62.0 Å². The Morgan fingerprint density at radius 3 is 1.89 bits per heavy atom. The fourth-order valence-corrected chi connectivity index (χ4v) is 11.8. The minimum absolute atomic E-state index is 0.0163. The lowest BCUT2D eigenvalue weighted by atomic mass is 9.84. The van der Waals surface area contributed by atoms with E-state index in [9.17, 15) is 24.0 Å². The highest BCUT2D eigenvalue weighted by molar-refractivity contribution is 6.07. The minimum Gasteiger partial charge on any atom is -0.493 e. The van der Waals surface area contributed by atoms with Gasteiger partial charge < -0.3 is 58.9 Å². The predicted molar refractivity (Wildman–Crippen MR) is 315 cm³/mol. The summed E-state index contributed by atoms with van der Waals surface area (Å²) < 4.78 is 40.5. The van der Waals surface area contributed by atoms with Crippen molar-refractivity contribution in [2.24, 2.45) is 21.8 Å². The Bertz CT molecular complexity index is 3660. The number of carbonyl (C=O) groups excluding carboxylic acids is 5. The van der Waals surface area contributed by atoms with E-state index in [1.54, 1.807) is 65.6 Å². The number of nitrogens with one attached hydrogen (secondary N) is 3. The Hall–Kier alpha value is -9.65. The predicted octanol–water partition coefficient (Wildman–Crippen LogP) is 10.0. The van der Waals surface area contributed by atoms with Crippen LogP contribution in [0.25, 0.3) is 11.1 Å². The quantitative estimate of drug-likeness (QED) is 0.0699. The number of nitrogens with zero attached hydrogens (tertiary/aromatic N) is 4. The zero-order chi connectivity index (χ0) is 58.2. The van der Waals surface area contributed by atoms with Gasteiger partial charge in [-0.3, -0.25) is 29.2 Å². The summed E-state index contributed by atoms with van der Waals surface area (Å²) >= 11 is 0. The number of amides is 5. The van der Waals surface area contributed by atoms with Crippen molar-refractivity contribution in [2.75, 3.05) is 46.1 Å². The van der Waals surface area contributed by atoms with Crippen LogP contribution in [0.5, 0.6) is 34.5 Å². The maximum absolute atomic E-state index is 14.2. The summed E-state index contributed by atoms with van der Waals surface area (Å²) in [5, 5.41) is 8.35. The number of allylic oxidation sites excluding steroid dienone is 4. The molecular formula is C65H63N7O12. The first-order valence-electron chi connectivity index (χ1n) is 28.2. The number of alkyl carbamates (subject to hydrolysis) is 1. The van der Waals surface area contributed by atoms with Crippen molar-refractivity contribution in [2.45, 2.75) is 76.0 Å². The molecule has 3 unspecified atom stereocenters. The van der Waals surface area contributed by atoms with E-state index in [0.29, 0.717) is 81.9 Å². The van der Waals surface area contributed by atoms with Crippen LogP contribution in [0.3, 0.4) is 0 Å². The smallest absolute Gasteiger partial charge is 0.407 e. The van der Waals surface area contributed by atoms with Crippen LogP contribution in [0.4, 0.5) is 21.9 Å². The van der Waals surface area contributed by atoms with E-state index in [-0.39, 0.29) is 74.2 Å². The first kappa shape index (κ1) is 54.9. The molecule has 0 bridgehead atoms. The average Bonchev–Trinajstić information content (AvgIpc) is 2.51. The molecule has 2 aliphatic carbocycles. The number of benzene rings is 5. The number of hydrogen-bond acceptors (Lipinski definition) is 14. The van der Waals surface area contributed by atoms with Crippen LogP contribution in [-0.4, -0.2) is 117 Å². The molecule has 0 saturated heterocycles. The van der Waals surface area contributed by atoms with Crippen molar-refractivity contribution in [3.63, 3.8) is 0 Å². The molecule has 0 fully saturated rings. The van der Waals surface area contributed by atoms with Gasteiger partial charge in [0.1, 0.15) is 18.7 Å². The minimum atomic E-state index is -0.945. The lowest BCUT2D eigenvalue weighted by Crippen LogP contribution is -2.53. The summed E-state index contributed by atoms with van der Waals surface area (Å²) in [5.74, 6) is 1.67. The molecule has 0 aromatic heterocycles. The summed E-state index contributed by atoms with van der Waals surface area (Å²) in [5.41, 5.74) is 8.26. The van der Waals surface area contributed by atoms with Gasteiger partial charge in [-0.25, -0.2) is 4.79 Å². The first-order chi connectivity index (χ1) is 40.8. The van der Waals surface area contributed by atoms with Gasteiger partial charge in [0, 0.05) is 73.7 Å². The molecule has 19 nitrogen and oxygen atoms in total. The van der Waals surface area contributed by atoms with Crippen molar-refractivity contribution in [3.05, 3.63) is 161 Å². The molecule has 5 aromatic rings. The molecule has 3 N–H and O–H groups in total. The Kier molecular flexibility index (Phi) is 15.2. The fourth-order valence-electron chi connectivity index (χ4n) is 11.8. The molecule has 430 valence electrons. The van der Waals surface area contributed by atoms with Gasteiger partial charge >= 0.3 is 6.09 Å². The monoisotopic (exact) mass is 1130 g/mol. The molecule has 84 heavy (non-hydrogen) atoms. The number of aliphatic imine (C=N–C) groups is 2. The molecule has 19 heteroatoms. The number of rotatable bonds is 18. The van der Waals surface area contributed by atoms with Crippen LogP contribution in [0.1, 0.15) is 94.8 Å². The van der Waals surface area contributed by atoms with Crippen molar-refractivity contribution < 1.29 is 57.1 Å². The highest BCUT2D eigenvalue weighted by Gasteiger charge is 2.40. The topological polar surface area (TPSA) is 217 Å². The highest BCUT2D eigenvalue weighted by Crippen LogP contribution is 2.50. The van der Waals surface area contributed by atoms with Crippen molar-refractivity contribution >= 4 is 70.4 Å². The molecule has 5 aliphatic heterocycles. The van der Waals surface area contributed by atoms with Gasteiger partial charge in [0.2, 0.25) is 18.6 Å². The zero-order valence-electron chi connectivity index (χ0n) is 47.0. The van der Waals surface area contributed by atoms with Gasteiger partial charge in [-0.1, -0.05) is 80.6 Å². The van der Waals surface area contributed by atoms with Gasteiger partial charge in [0.25, 0.3) is 11.8 Å². The van der Waals surface area contributed by atoms with Gasteiger partial charge in [-0.05, 0) is 88.6 Å². The maximum Gasteiger partial charge on any atom is 0.407 e. The number of fused-ring (bicyclic) bond motifs is 8. The summed E-state index contributed by atoms with van der Waals surface area (Å²) in [6.45, 7) is 6.04. The number of hydrogen-bond donors (Lipinski definition) is 3. The lowest BCUT2D eigenvalue weighted by Gasteiger charge is -2.25. The third-order valence-electron chi connectivity index (χ3n) is 16.3. The van der Waals surface area contributed by atoms with E-state index in [4.69, 9.17) is 43.1 Å². The van der Waals surface area contributed by atoms with E-state index in [1.165, 1.54) is 19.8 Å². The van der Waals surface area contributed by atoms with Crippen LogP contribution >= 0.6 is 0 Å². The molecule has 7 aliphatic rings. The van der Waals surface area contributed by atoms with Crippen molar-refractivity contribution in [3.8, 4) is 34.5 Å². The van der Waals surface area contributed by atoms with Crippen LogP contribution in [0, 0.1) is 11.8 Å². The van der Waals surface area contributed by atoms with Gasteiger partial charge in [-0.2, -0.15) is 0 Å². The fraction of sp³-hybridized carbons (Fsp3) is 0.308. The normalized spacial score (nSPS) is 20.7. The second-order valence-electron chi connectivity index (χ2n) is 21.9. The Balaban J connectivity index is 0.615. The van der Waals surface area contributed by atoms with E-state index >= 15 is 0 Å². The van der Waals surface area contributed by atoms with Crippen molar-refractivity contribution in [1.82, 2.24) is 20.4 Å². The van der Waals surface area contributed by atoms with Crippen LogP contribution in [-0.2, 0) is 14.3 Å². The first-order valence-corrected chi connectivity index (χ1v) is 28.2. The summed E-state index contributed by atoms with van der Waals surface area (Å²) in [4.78, 5) is 81.0. The van der Waals surface area contributed by atoms with Gasteiger partial charge in [-0.15, -0.1) is 0 Å². The van der Waals surface area contributed by atoms with E-state index in [1.807, 2.05) is 80.9 Å². The lowest BCUT2D eigenvalue weighted by molar-refractivity contribution is -0.128. The molecular weight excluding hydrogens is 1070 g/mol. The Morgan fingerprint density at radius 2 is 1.26 bits per heavy atom. The summed E-state index contributed by atoms with van der Waals surface area (Å²) in [6, 6.07) is 25.5. The average molecular weight is 1130 g/mol. The number of methoxy groups -OCH3 is 2. The van der Waals surface area contributed by atoms with Crippen LogP contribution < -0.4 is 44.4 Å². The van der Waals surface area contributed by atoms with E-state index in [2.05, 4.69) is 40.2 Å². The SMILES string of the molecule is COc1cc2c(cc1OCCCOc1cc3c(cc1OC)C(=O)N1C=C(c4ccc5c(c4)OCO5)C[C@H]1C=N3)N=C[C@@H]1CC(c3ccc(NC(=O)[C@H](C)NC(=O)[C@@H](NC(=O)OCC4c5ccccc5C5C=CC=CC54)C(C)C)cc3)=CN1C2=O. The summed E-state index contributed by atoms with van der Waals surface area (Å²) in [7, 11) is 3.03. The van der Waals surface area contributed by atoms with Gasteiger partial charge in [0.15, 0.2) is 34.5 Å². The molecule has 5 heterocycles. The molecule has 12 rings (SSSR count). The van der Waals surface area contributed by atoms with E-state index < -0.39 is 30.0 Å². The Morgan fingerprint density at radius 1 is 0.667 bits per heavy atom. The summed E-state index contributed by atoms with van der Waals surface area (Å²) in [6.07, 6.45) is 16.5. The molecule has 7 atom stereocenters. The number of anilines is 1. The molecule has 0 radical (unpaired) electrons. The number of ether oxygens (including phenoxy) is 7. The van der Waals surface area contributed by atoms with Crippen LogP contribution in [0.2, 0.25) is 0 Å². The molecule has 0 spiro atoms. The molecule has 5 amide bonds. The molecule has 0 saturated carbocycles. The largest absolute Gasteiger partial charge is 0.493 e. The third kappa shape index (κ3) is 10.8. The second kappa shape index (κ2) is 23.3. The highest BCUT2D eigenvalue weighted by atomic mass is 16.7. The zero-order valence-corrected chi connectivity index (χ0v) is 47.0. The Labute approximate surface area is 485 Å². The maximum atomic E-state index is 14.2. The van der Waals surface area contributed by atoms with Crippen molar-refractivity contribution in [1.29, 1.82) is 0 Å². The number of carbonyl (C=O) groups is 5. The van der Waals surface area contributed by atoms with E-state index in [0.717, 1.165) is 27.8 Å². The molecule has 5 aromatic carbocycles. The second-order valence-corrected chi connectivity index (χ2v) is 21.9. The third-order valence-corrected chi connectivity index (χ3v) is 16.3.